The van der Waals surface area contributed by atoms with Crippen LogP contribution >= 0.6 is 0 Å². The highest BCUT2D eigenvalue weighted by atomic mass is 16.5. The maximum atomic E-state index is 14.2. The van der Waals surface area contributed by atoms with Gasteiger partial charge in [0.15, 0.2) is 0 Å². The molecule has 0 N–H and O–H groups in total. The topological polar surface area (TPSA) is 45.1 Å². The maximum Gasteiger partial charge on any atom is 0.240 e. The minimum absolute atomic E-state index is 0.0428. The number of benzene rings is 2. The summed E-state index contributed by atoms with van der Waals surface area (Å²) in [5.74, 6) is 1.95. The van der Waals surface area contributed by atoms with E-state index in [-0.39, 0.29) is 17.4 Å². The van der Waals surface area contributed by atoms with Gasteiger partial charge >= 0.3 is 0 Å². The van der Waals surface area contributed by atoms with Gasteiger partial charge in [0.05, 0.1) is 29.9 Å². The number of methoxy groups -OCH3 is 1. The minimum atomic E-state index is -0.362. The number of aliphatic imine (C=N–C) groups is 1. The van der Waals surface area contributed by atoms with Crippen LogP contribution in [0.5, 0.6) is 5.75 Å². The van der Waals surface area contributed by atoms with Crippen molar-refractivity contribution in [1.82, 2.24) is 4.90 Å². The minimum Gasteiger partial charge on any atom is -0.497 e. The Balaban J connectivity index is 1.66. The molecule has 1 spiro atoms. The van der Waals surface area contributed by atoms with E-state index in [4.69, 9.17) is 9.73 Å². The lowest BCUT2D eigenvalue weighted by molar-refractivity contribution is -0.129. The van der Waals surface area contributed by atoms with Gasteiger partial charge in [-0.15, -0.1) is 0 Å². The third-order valence-corrected chi connectivity index (χ3v) is 7.49. The van der Waals surface area contributed by atoms with E-state index >= 15 is 0 Å². The number of hydrogen-bond acceptors (Lipinski definition) is 4. The first-order valence-electron chi connectivity index (χ1n) is 12.0. The number of aryl methyl sites for hydroxylation is 1. The fourth-order valence-corrected chi connectivity index (χ4v) is 5.84. The Bertz CT molecular complexity index is 985. The SMILES string of the molecule is COc1ccc(N=C2C(N3CCCC3)C3(CCCCC3)C(=O)N2c2ccc(C)cc2)cc1. The summed E-state index contributed by atoms with van der Waals surface area (Å²) < 4.78 is 5.33. The van der Waals surface area contributed by atoms with Gasteiger partial charge in [0.25, 0.3) is 0 Å². The molecule has 1 saturated carbocycles. The molecule has 3 fully saturated rings. The second kappa shape index (κ2) is 8.70. The number of hydrogen-bond donors (Lipinski definition) is 0. The molecule has 0 bridgehead atoms. The summed E-state index contributed by atoms with van der Waals surface area (Å²) >= 11 is 0. The molecule has 2 heterocycles. The van der Waals surface area contributed by atoms with Gasteiger partial charge in [-0.2, -0.15) is 0 Å². The van der Waals surface area contributed by atoms with Crippen molar-refractivity contribution in [2.24, 2.45) is 10.4 Å². The van der Waals surface area contributed by atoms with E-state index in [9.17, 15) is 4.79 Å². The molecule has 32 heavy (non-hydrogen) atoms. The van der Waals surface area contributed by atoms with Gasteiger partial charge in [-0.1, -0.05) is 37.0 Å². The first kappa shape index (κ1) is 21.2. The second-order valence-electron chi connectivity index (χ2n) is 9.51. The van der Waals surface area contributed by atoms with E-state index in [1.807, 2.05) is 29.2 Å². The average molecular weight is 432 g/mol. The van der Waals surface area contributed by atoms with Gasteiger partial charge in [0.2, 0.25) is 5.91 Å². The lowest BCUT2D eigenvalue weighted by Crippen LogP contribution is -2.50. The van der Waals surface area contributed by atoms with Crippen molar-refractivity contribution in [3.05, 3.63) is 54.1 Å². The van der Waals surface area contributed by atoms with Gasteiger partial charge in [-0.05, 0) is 82.1 Å². The molecule has 2 aromatic carbocycles. The number of nitrogens with zero attached hydrogens (tertiary/aromatic N) is 3. The van der Waals surface area contributed by atoms with Crippen LogP contribution < -0.4 is 9.64 Å². The van der Waals surface area contributed by atoms with Crippen LogP contribution in [0.25, 0.3) is 0 Å². The van der Waals surface area contributed by atoms with E-state index in [0.29, 0.717) is 0 Å². The maximum absolute atomic E-state index is 14.2. The molecule has 1 amide bonds. The number of amidine groups is 1. The van der Waals surface area contributed by atoms with Crippen molar-refractivity contribution in [2.75, 3.05) is 25.1 Å². The molecule has 5 heteroatoms. The Morgan fingerprint density at radius 1 is 0.906 bits per heavy atom. The Morgan fingerprint density at radius 3 is 2.19 bits per heavy atom. The Labute approximate surface area is 191 Å². The van der Waals surface area contributed by atoms with Gasteiger partial charge < -0.3 is 4.74 Å². The number of ether oxygens (including phenoxy) is 1. The van der Waals surface area contributed by atoms with Crippen LogP contribution in [0.2, 0.25) is 0 Å². The van der Waals surface area contributed by atoms with Gasteiger partial charge in [-0.3, -0.25) is 14.6 Å². The van der Waals surface area contributed by atoms with Gasteiger partial charge in [0.1, 0.15) is 11.6 Å². The Hall–Kier alpha value is -2.66. The molecule has 2 aromatic rings. The van der Waals surface area contributed by atoms with Crippen LogP contribution in [0.3, 0.4) is 0 Å². The molecule has 3 aliphatic rings. The fraction of sp³-hybridized carbons (Fsp3) is 0.481. The number of likely N-dealkylation sites (tertiary alicyclic amines) is 1. The highest BCUT2D eigenvalue weighted by Gasteiger charge is 2.60. The van der Waals surface area contributed by atoms with Crippen molar-refractivity contribution in [3.63, 3.8) is 0 Å². The van der Waals surface area contributed by atoms with Crippen LogP contribution in [0, 0.1) is 12.3 Å². The summed E-state index contributed by atoms with van der Waals surface area (Å²) in [5, 5.41) is 0. The van der Waals surface area contributed by atoms with E-state index in [0.717, 1.165) is 61.7 Å². The van der Waals surface area contributed by atoms with Crippen LogP contribution in [-0.4, -0.2) is 42.9 Å². The molecule has 5 nitrogen and oxygen atoms in total. The molecule has 2 saturated heterocycles. The molecule has 0 aromatic heterocycles. The Morgan fingerprint density at radius 2 is 1.56 bits per heavy atom. The summed E-state index contributed by atoms with van der Waals surface area (Å²) in [7, 11) is 1.67. The summed E-state index contributed by atoms with van der Waals surface area (Å²) in [6.07, 6.45) is 7.76. The van der Waals surface area contributed by atoms with Crippen LogP contribution in [0.4, 0.5) is 11.4 Å². The van der Waals surface area contributed by atoms with Crippen LogP contribution in [-0.2, 0) is 4.79 Å². The Kier molecular flexibility index (Phi) is 5.76. The largest absolute Gasteiger partial charge is 0.497 e. The second-order valence-corrected chi connectivity index (χ2v) is 9.51. The quantitative estimate of drug-likeness (QED) is 0.642. The predicted molar refractivity (Wildman–Crippen MR) is 129 cm³/mol. The highest BCUT2D eigenvalue weighted by molar-refractivity contribution is 6.27. The molecule has 0 radical (unpaired) electrons. The molecule has 2 aliphatic heterocycles. The average Bonchev–Trinajstić information content (AvgIpc) is 3.42. The van der Waals surface area contributed by atoms with Crippen molar-refractivity contribution in [1.29, 1.82) is 0 Å². The van der Waals surface area contributed by atoms with E-state index in [2.05, 4.69) is 36.1 Å². The number of amides is 1. The summed E-state index contributed by atoms with van der Waals surface area (Å²) in [5.41, 5.74) is 2.62. The zero-order valence-electron chi connectivity index (χ0n) is 19.2. The summed E-state index contributed by atoms with van der Waals surface area (Å²) in [4.78, 5) is 23.9. The predicted octanol–water partition coefficient (Wildman–Crippen LogP) is 5.50. The zero-order valence-corrected chi connectivity index (χ0v) is 19.2. The summed E-state index contributed by atoms with van der Waals surface area (Å²) in [6.45, 7) is 4.17. The fourth-order valence-electron chi connectivity index (χ4n) is 5.84. The van der Waals surface area contributed by atoms with Gasteiger partial charge in [0, 0.05) is 0 Å². The number of anilines is 1. The van der Waals surface area contributed by atoms with E-state index in [1.54, 1.807) is 7.11 Å². The lowest BCUT2D eigenvalue weighted by atomic mass is 9.69. The third kappa shape index (κ3) is 3.62. The first-order chi connectivity index (χ1) is 15.6. The van der Waals surface area contributed by atoms with E-state index < -0.39 is 0 Å². The number of carbonyl (C=O) groups excluding carboxylic acids is 1. The molecule has 1 unspecified atom stereocenters. The first-order valence-corrected chi connectivity index (χ1v) is 12.0. The molecule has 1 atom stereocenters. The van der Waals surface area contributed by atoms with Crippen LogP contribution in [0.15, 0.2) is 53.5 Å². The molecular weight excluding hydrogens is 398 g/mol. The van der Waals surface area contributed by atoms with Crippen molar-refractivity contribution >= 4 is 23.1 Å². The standard InChI is InChI=1S/C27H33N3O2/c1-20-8-12-22(13-9-20)30-25(28-21-10-14-23(32-2)15-11-21)24(29-18-6-7-19-29)27(26(30)31)16-4-3-5-17-27/h8-15,24H,3-7,16-19H2,1-2H3. The molecule has 1 aliphatic carbocycles. The normalized spacial score (nSPS) is 24.6. The van der Waals surface area contributed by atoms with Crippen LogP contribution in [0.1, 0.15) is 50.5 Å². The third-order valence-electron chi connectivity index (χ3n) is 7.49. The van der Waals surface area contributed by atoms with Gasteiger partial charge in [-0.25, -0.2) is 4.99 Å². The monoisotopic (exact) mass is 431 g/mol. The van der Waals surface area contributed by atoms with Crippen molar-refractivity contribution in [3.8, 4) is 5.75 Å². The summed E-state index contributed by atoms with van der Waals surface area (Å²) in [6, 6.07) is 16.2. The van der Waals surface area contributed by atoms with Crippen molar-refractivity contribution in [2.45, 2.75) is 57.9 Å². The smallest absolute Gasteiger partial charge is 0.240 e. The molecule has 168 valence electrons. The molecular formula is C27H33N3O2. The van der Waals surface area contributed by atoms with E-state index in [1.165, 1.54) is 24.8 Å². The number of rotatable bonds is 4. The number of carbonyl (C=O) groups is 1. The zero-order chi connectivity index (χ0) is 22.1. The highest BCUT2D eigenvalue weighted by Crippen LogP contribution is 2.50. The van der Waals surface area contributed by atoms with Crippen molar-refractivity contribution < 1.29 is 9.53 Å². The molecule has 5 rings (SSSR count). The lowest BCUT2D eigenvalue weighted by Gasteiger charge is -2.39.